The molecular formula is C20H26N4OS. The highest BCUT2D eigenvalue weighted by Crippen LogP contribution is 2.22. The SMILES string of the molecule is O=C(c1cnc(CN2CCCC2)s1)N1CCC[C@@H](Nc2ccccc2)C1. The van der Waals surface area contributed by atoms with Gasteiger partial charge in [-0.2, -0.15) is 0 Å². The zero-order valence-corrected chi connectivity index (χ0v) is 15.9. The Morgan fingerprint density at radius 3 is 2.77 bits per heavy atom. The Balaban J connectivity index is 1.35. The smallest absolute Gasteiger partial charge is 0.265 e. The van der Waals surface area contributed by atoms with Crippen LogP contribution in [0, 0.1) is 0 Å². The first-order chi connectivity index (χ1) is 12.8. The Hall–Kier alpha value is -1.92. The predicted molar refractivity (Wildman–Crippen MR) is 106 cm³/mol. The van der Waals surface area contributed by atoms with Gasteiger partial charge in [-0.05, 0) is 50.9 Å². The minimum Gasteiger partial charge on any atom is -0.381 e. The van der Waals surface area contributed by atoms with Crippen LogP contribution in [0.1, 0.15) is 40.4 Å². The van der Waals surface area contributed by atoms with Crippen molar-refractivity contribution in [2.24, 2.45) is 0 Å². The standard InChI is InChI=1S/C20H26N4OS/c25-20(18-13-21-19(26-18)15-23-10-4-5-11-23)24-12-6-9-17(14-24)22-16-7-2-1-3-8-16/h1-3,7-8,13,17,22H,4-6,9-12,14-15H2/t17-/m1/s1. The average Bonchev–Trinajstić information content (AvgIpc) is 3.35. The fourth-order valence-corrected chi connectivity index (χ4v) is 4.75. The molecule has 0 radical (unpaired) electrons. The number of hydrogen-bond donors (Lipinski definition) is 1. The molecule has 1 aromatic carbocycles. The monoisotopic (exact) mass is 370 g/mol. The molecule has 5 nitrogen and oxygen atoms in total. The summed E-state index contributed by atoms with van der Waals surface area (Å²) in [5.74, 6) is 0.134. The van der Waals surface area contributed by atoms with E-state index in [1.165, 1.54) is 12.8 Å². The Bertz CT molecular complexity index is 726. The van der Waals surface area contributed by atoms with Crippen molar-refractivity contribution in [3.8, 4) is 0 Å². The van der Waals surface area contributed by atoms with Gasteiger partial charge in [-0.1, -0.05) is 18.2 Å². The summed E-state index contributed by atoms with van der Waals surface area (Å²) >= 11 is 1.56. The highest BCUT2D eigenvalue weighted by Gasteiger charge is 2.26. The van der Waals surface area contributed by atoms with E-state index in [-0.39, 0.29) is 5.91 Å². The van der Waals surface area contributed by atoms with Gasteiger partial charge < -0.3 is 10.2 Å². The molecule has 0 aliphatic carbocycles. The number of rotatable bonds is 5. The normalized spacial score (nSPS) is 21.1. The van der Waals surface area contributed by atoms with Crippen LogP contribution in [0.15, 0.2) is 36.5 Å². The maximum atomic E-state index is 12.9. The maximum absolute atomic E-state index is 12.9. The number of likely N-dealkylation sites (tertiary alicyclic amines) is 2. The van der Waals surface area contributed by atoms with Crippen LogP contribution < -0.4 is 5.32 Å². The number of nitrogens with one attached hydrogen (secondary N) is 1. The molecule has 0 bridgehead atoms. The number of hydrogen-bond acceptors (Lipinski definition) is 5. The fourth-order valence-electron chi connectivity index (χ4n) is 3.82. The van der Waals surface area contributed by atoms with Gasteiger partial charge in [0.05, 0.1) is 12.7 Å². The molecule has 1 amide bonds. The predicted octanol–water partition coefficient (Wildman–Crippen LogP) is 3.46. The van der Waals surface area contributed by atoms with Gasteiger partial charge in [-0.15, -0.1) is 11.3 Å². The molecule has 2 aromatic rings. The minimum absolute atomic E-state index is 0.134. The summed E-state index contributed by atoms with van der Waals surface area (Å²) in [7, 11) is 0. The molecule has 1 N–H and O–H groups in total. The van der Waals surface area contributed by atoms with Crippen molar-refractivity contribution >= 4 is 22.9 Å². The third kappa shape index (κ3) is 4.24. The summed E-state index contributed by atoms with van der Waals surface area (Å²) in [5, 5.41) is 4.62. The first kappa shape index (κ1) is 17.5. The molecule has 2 fully saturated rings. The molecule has 2 aliphatic rings. The number of para-hydroxylation sites is 1. The van der Waals surface area contributed by atoms with Gasteiger partial charge in [-0.25, -0.2) is 4.98 Å². The highest BCUT2D eigenvalue weighted by atomic mass is 32.1. The van der Waals surface area contributed by atoms with Crippen molar-refractivity contribution in [2.45, 2.75) is 38.3 Å². The number of thiazole rings is 1. The van der Waals surface area contributed by atoms with Gasteiger partial charge in [0.25, 0.3) is 5.91 Å². The molecular weight excluding hydrogens is 344 g/mol. The lowest BCUT2D eigenvalue weighted by molar-refractivity contribution is 0.0719. The number of nitrogens with zero attached hydrogens (tertiary/aromatic N) is 3. The molecule has 1 atom stereocenters. The zero-order valence-electron chi connectivity index (χ0n) is 15.1. The van der Waals surface area contributed by atoms with E-state index in [2.05, 4.69) is 27.3 Å². The molecule has 2 aliphatic heterocycles. The van der Waals surface area contributed by atoms with E-state index in [1.807, 2.05) is 23.1 Å². The van der Waals surface area contributed by atoms with Crippen molar-refractivity contribution < 1.29 is 4.79 Å². The van der Waals surface area contributed by atoms with Crippen LogP contribution in [0.3, 0.4) is 0 Å². The van der Waals surface area contributed by atoms with Crippen molar-refractivity contribution in [3.63, 3.8) is 0 Å². The summed E-state index contributed by atoms with van der Waals surface area (Å²) in [6, 6.07) is 10.6. The van der Waals surface area contributed by atoms with E-state index in [1.54, 1.807) is 17.5 Å². The number of piperidine rings is 1. The van der Waals surface area contributed by atoms with Crippen molar-refractivity contribution in [3.05, 3.63) is 46.4 Å². The molecule has 3 heterocycles. The quantitative estimate of drug-likeness (QED) is 0.876. The van der Waals surface area contributed by atoms with Gasteiger partial charge in [-0.3, -0.25) is 9.69 Å². The van der Waals surface area contributed by atoms with Crippen LogP contribution in [0.5, 0.6) is 0 Å². The molecule has 1 aromatic heterocycles. The number of carbonyl (C=O) groups excluding carboxylic acids is 1. The highest BCUT2D eigenvalue weighted by molar-refractivity contribution is 7.13. The molecule has 0 saturated carbocycles. The average molecular weight is 371 g/mol. The fraction of sp³-hybridized carbons (Fsp3) is 0.500. The largest absolute Gasteiger partial charge is 0.381 e. The van der Waals surface area contributed by atoms with Crippen LogP contribution in [0.4, 0.5) is 5.69 Å². The van der Waals surface area contributed by atoms with E-state index in [0.717, 1.165) is 61.1 Å². The second-order valence-corrected chi connectivity index (χ2v) is 8.32. The molecule has 6 heteroatoms. The van der Waals surface area contributed by atoms with E-state index in [9.17, 15) is 4.79 Å². The summed E-state index contributed by atoms with van der Waals surface area (Å²) in [4.78, 5) is 22.6. The molecule has 26 heavy (non-hydrogen) atoms. The third-order valence-corrected chi connectivity index (χ3v) is 6.15. The van der Waals surface area contributed by atoms with E-state index >= 15 is 0 Å². The molecule has 0 spiro atoms. The maximum Gasteiger partial charge on any atom is 0.265 e. The number of aromatic nitrogens is 1. The van der Waals surface area contributed by atoms with E-state index < -0.39 is 0 Å². The van der Waals surface area contributed by atoms with Crippen LogP contribution in [0.25, 0.3) is 0 Å². The van der Waals surface area contributed by atoms with Crippen molar-refractivity contribution in [1.82, 2.24) is 14.8 Å². The lowest BCUT2D eigenvalue weighted by Gasteiger charge is -2.33. The number of amides is 1. The van der Waals surface area contributed by atoms with Gasteiger partial charge in [0.15, 0.2) is 0 Å². The summed E-state index contributed by atoms with van der Waals surface area (Å²) in [6.45, 7) is 4.79. The van der Waals surface area contributed by atoms with Gasteiger partial charge in [0, 0.05) is 24.8 Å². The Morgan fingerprint density at radius 1 is 1.15 bits per heavy atom. The van der Waals surface area contributed by atoms with Crippen LogP contribution >= 0.6 is 11.3 Å². The Kier molecular flexibility index (Phi) is 5.51. The molecule has 4 rings (SSSR count). The second kappa shape index (κ2) is 8.18. The number of anilines is 1. The zero-order chi connectivity index (χ0) is 17.8. The second-order valence-electron chi connectivity index (χ2n) is 7.20. The summed E-state index contributed by atoms with van der Waals surface area (Å²) in [5.41, 5.74) is 1.12. The molecule has 138 valence electrons. The van der Waals surface area contributed by atoms with Gasteiger partial charge >= 0.3 is 0 Å². The Morgan fingerprint density at radius 2 is 1.96 bits per heavy atom. The lowest BCUT2D eigenvalue weighted by atomic mass is 10.1. The first-order valence-electron chi connectivity index (χ1n) is 9.56. The van der Waals surface area contributed by atoms with Crippen LogP contribution in [0.2, 0.25) is 0 Å². The third-order valence-electron chi connectivity index (χ3n) is 5.18. The van der Waals surface area contributed by atoms with E-state index in [0.29, 0.717) is 6.04 Å². The minimum atomic E-state index is 0.134. The lowest BCUT2D eigenvalue weighted by Crippen LogP contribution is -2.44. The van der Waals surface area contributed by atoms with Gasteiger partial charge in [0.1, 0.15) is 9.88 Å². The van der Waals surface area contributed by atoms with Crippen LogP contribution in [-0.2, 0) is 6.54 Å². The van der Waals surface area contributed by atoms with Gasteiger partial charge in [0.2, 0.25) is 0 Å². The van der Waals surface area contributed by atoms with Crippen molar-refractivity contribution in [1.29, 1.82) is 0 Å². The summed E-state index contributed by atoms with van der Waals surface area (Å²) < 4.78 is 0. The topological polar surface area (TPSA) is 48.5 Å². The number of benzene rings is 1. The molecule has 2 saturated heterocycles. The first-order valence-corrected chi connectivity index (χ1v) is 10.4. The molecule has 0 unspecified atom stereocenters. The van der Waals surface area contributed by atoms with Crippen molar-refractivity contribution in [2.75, 3.05) is 31.5 Å². The van der Waals surface area contributed by atoms with E-state index in [4.69, 9.17) is 0 Å². The number of carbonyl (C=O) groups is 1. The Labute approximate surface area is 159 Å². The summed E-state index contributed by atoms with van der Waals surface area (Å²) in [6.07, 6.45) is 6.46. The van der Waals surface area contributed by atoms with Crippen LogP contribution in [-0.4, -0.2) is 52.9 Å².